The zero-order valence-corrected chi connectivity index (χ0v) is 13.2. The van der Waals surface area contributed by atoms with Crippen molar-refractivity contribution in [3.05, 3.63) is 38.4 Å². The predicted octanol–water partition coefficient (Wildman–Crippen LogP) is 0.629. The van der Waals surface area contributed by atoms with Crippen LogP contribution >= 0.6 is 0 Å². The van der Waals surface area contributed by atoms with E-state index in [0.717, 1.165) is 12.6 Å². The molecule has 0 saturated carbocycles. The van der Waals surface area contributed by atoms with Crippen LogP contribution in [0, 0.1) is 26.3 Å². The van der Waals surface area contributed by atoms with Crippen molar-refractivity contribution in [2.24, 2.45) is 0 Å². The van der Waals surface area contributed by atoms with E-state index in [4.69, 9.17) is 0 Å². The largest absolute Gasteiger partial charge is 0.301 e. The van der Waals surface area contributed by atoms with Crippen LogP contribution in [0.1, 0.15) is 6.92 Å². The lowest BCUT2D eigenvalue weighted by Gasteiger charge is -2.33. The van der Waals surface area contributed by atoms with Gasteiger partial charge in [0.15, 0.2) is 0 Å². The van der Waals surface area contributed by atoms with E-state index in [1.807, 2.05) is 6.92 Å². The minimum Gasteiger partial charge on any atom is -0.301 e. The van der Waals surface area contributed by atoms with Crippen LogP contribution in [0.5, 0.6) is 0 Å². The van der Waals surface area contributed by atoms with Gasteiger partial charge >= 0.3 is 0 Å². The van der Waals surface area contributed by atoms with Gasteiger partial charge in [-0.25, -0.2) is 8.42 Å². The second kappa shape index (κ2) is 6.56. The van der Waals surface area contributed by atoms with E-state index in [2.05, 4.69) is 11.0 Å². The van der Waals surface area contributed by atoms with Crippen LogP contribution in [-0.4, -0.2) is 60.2 Å². The molecule has 23 heavy (non-hydrogen) atoms. The summed E-state index contributed by atoms with van der Waals surface area (Å²) < 4.78 is 26.3. The molecule has 2 rings (SSSR count). The molecule has 0 amide bonds. The summed E-state index contributed by atoms with van der Waals surface area (Å²) in [6.07, 6.45) is 0. The third-order valence-electron chi connectivity index (χ3n) is 3.62. The Balaban J connectivity index is 2.39. The summed E-state index contributed by atoms with van der Waals surface area (Å²) in [6, 6.07) is 3.64. The first-order valence-electron chi connectivity index (χ1n) is 6.84. The Hall–Kier alpha value is -2.11. The van der Waals surface area contributed by atoms with Crippen LogP contribution in [0.15, 0.2) is 17.0 Å². The second-order valence-corrected chi connectivity index (χ2v) is 6.85. The number of rotatable bonds is 5. The summed E-state index contributed by atoms with van der Waals surface area (Å²) >= 11 is 0. The van der Waals surface area contributed by atoms with E-state index >= 15 is 0 Å². The van der Waals surface area contributed by atoms with E-state index in [0.29, 0.717) is 19.2 Å². The van der Waals surface area contributed by atoms with Gasteiger partial charge in [0.2, 0.25) is 10.0 Å². The van der Waals surface area contributed by atoms with Gasteiger partial charge in [0, 0.05) is 32.2 Å². The lowest BCUT2D eigenvalue weighted by Crippen LogP contribution is -2.48. The quantitative estimate of drug-likeness (QED) is 0.566. The Bertz CT molecular complexity index is 695. The number of nitrogens with zero attached hydrogens (tertiary/aromatic N) is 4. The molecule has 1 fully saturated rings. The van der Waals surface area contributed by atoms with Crippen molar-refractivity contribution < 1.29 is 18.3 Å². The average Bonchev–Trinajstić information content (AvgIpc) is 2.54. The maximum atomic E-state index is 12.6. The van der Waals surface area contributed by atoms with Gasteiger partial charge in [-0.3, -0.25) is 20.2 Å². The van der Waals surface area contributed by atoms with Gasteiger partial charge in [0.1, 0.15) is 4.90 Å². The Labute approximate surface area is 132 Å². The number of nitro groups is 2. The van der Waals surface area contributed by atoms with Crippen LogP contribution in [0.25, 0.3) is 0 Å². The van der Waals surface area contributed by atoms with Gasteiger partial charge in [-0.05, 0) is 6.54 Å². The van der Waals surface area contributed by atoms with Crippen LogP contribution in [0.4, 0.5) is 11.4 Å². The van der Waals surface area contributed by atoms with Crippen molar-refractivity contribution in [1.82, 2.24) is 9.21 Å². The third kappa shape index (κ3) is 3.63. The minimum atomic E-state index is -4.06. The van der Waals surface area contributed by atoms with Crippen molar-refractivity contribution in [2.45, 2.75) is 11.8 Å². The molecule has 0 spiro atoms. The van der Waals surface area contributed by atoms with Gasteiger partial charge in [-0.2, -0.15) is 4.31 Å². The minimum absolute atomic E-state index is 0.223. The van der Waals surface area contributed by atoms with E-state index in [-0.39, 0.29) is 13.1 Å². The number of hydrogen-bond acceptors (Lipinski definition) is 7. The standard InChI is InChI=1S/C12H15N4O6S/c1-2-13-3-5-14(6-4-13)23(21,22)12-8-10(15(17)18)7-11(9-12)16(19)20/h7-8H,2-6H2,1H3. The highest BCUT2D eigenvalue weighted by Gasteiger charge is 2.31. The fourth-order valence-corrected chi connectivity index (χ4v) is 3.71. The molecule has 0 N–H and O–H groups in total. The predicted molar refractivity (Wildman–Crippen MR) is 79.5 cm³/mol. The Kier molecular flexibility index (Phi) is 4.92. The maximum absolute atomic E-state index is 12.6. The molecule has 1 saturated heterocycles. The number of nitro benzene ring substituents is 2. The van der Waals surface area contributed by atoms with Gasteiger partial charge in [0.25, 0.3) is 11.4 Å². The molecule has 0 unspecified atom stereocenters. The zero-order valence-electron chi connectivity index (χ0n) is 12.3. The first-order valence-corrected chi connectivity index (χ1v) is 8.28. The molecule has 0 bridgehead atoms. The van der Waals surface area contributed by atoms with Crippen molar-refractivity contribution in [1.29, 1.82) is 0 Å². The van der Waals surface area contributed by atoms with Crippen LogP contribution in [0.2, 0.25) is 0 Å². The van der Waals surface area contributed by atoms with Crippen LogP contribution in [0.3, 0.4) is 0 Å². The fraction of sp³-hybridized carbons (Fsp3) is 0.500. The summed E-state index contributed by atoms with van der Waals surface area (Å²) in [6.45, 7) is 4.27. The number of likely N-dealkylation sites (N-methyl/N-ethyl adjacent to an activating group) is 1. The fourth-order valence-electron chi connectivity index (χ4n) is 2.28. The van der Waals surface area contributed by atoms with Crippen molar-refractivity contribution >= 4 is 21.4 Å². The van der Waals surface area contributed by atoms with Gasteiger partial charge in [0.05, 0.1) is 22.0 Å². The Morgan fingerprint density at radius 3 is 2.22 bits per heavy atom. The van der Waals surface area contributed by atoms with Crippen molar-refractivity contribution in [3.63, 3.8) is 0 Å². The molecule has 1 radical (unpaired) electrons. The highest BCUT2D eigenvalue weighted by Crippen LogP contribution is 2.27. The van der Waals surface area contributed by atoms with Crippen molar-refractivity contribution in [2.75, 3.05) is 32.7 Å². The van der Waals surface area contributed by atoms with Gasteiger partial charge in [-0.1, -0.05) is 6.92 Å². The number of benzene rings is 1. The van der Waals surface area contributed by atoms with Crippen molar-refractivity contribution in [3.8, 4) is 0 Å². The van der Waals surface area contributed by atoms with Crippen LogP contribution < -0.4 is 0 Å². The van der Waals surface area contributed by atoms with E-state index in [1.165, 1.54) is 4.31 Å². The van der Waals surface area contributed by atoms with Crippen LogP contribution in [-0.2, 0) is 10.0 Å². The number of non-ortho nitro benzene ring substituents is 2. The molecule has 0 aliphatic carbocycles. The molecular formula is C12H15N4O6S. The Morgan fingerprint density at radius 1 is 1.13 bits per heavy atom. The number of piperazine rings is 1. The maximum Gasteiger partial charge on any atom is 0.285 e. The molecule has 10 nitrogen and oxygen atoms in total. The summed E-state index contributed by atoms with van der Waals surface area (Å²) in [7, 11) is -4.06. The molecule has 125 valence electrons. The molecule has 11 heteroatoms. The summed E-state index contributed by atoms with van der Waals surface area (Å²) in [5, 5.41) is 21.7. The SMILES string of the molecule is CCN1CCN(S(=O)(=O)c2[c]c([N+](=O)[O-])cc([N+](=O)[O-])c2)CC1. The smallest absolute Gasteiger partial charge is 0.285 e. The number of hydrogen-bond donors (Lipinski definition) is 0. The first-order chi connectivity index (χ1) is 10.8. The summed E-state index contributed by atoms with van der Waals surface area (Å²) in [5.74, 6) is 0. The molecule has 1 aromatic carbocycles. The highest BCUT2D eigenvalue weighted by atomic mass is 32.2. The molecule has 1 aromatic rings. The van der Waals surface area contributed by atoms with E-state index in [1.54, 1.807) is 0 Å². The molecule has 0 aromatic heterocycles. The molecular weight excluding hydrogens is 328 g/mol. The lowest BCUT2D eigenvalue weighted by molar-refractivity contribution is -0.394. The molecule has 1 aliphatic heterocycles. The molecule has 0 atom stereocenters. The monoisotopic (exact) mass is 343 g/mol. The normalized spacial score (nSPS) is 17.1. The lowest BCUT2D eigenvalue weighted by atomic mass is 10.3. The van der Waals surface area contributed by atoms with E-state index in [9.17, 15) is 28.6 Å². The third-order valence-corrected chi connectivity index (χ3v) is 5.44. The summed E-state index contributed by atoms with van der Waals surface area (Å²) in [5.41, 5.74) is -1.40. The average molecular weight is 343 g/mol. The first kappa shape index (κ1) is 17.2. The topological polar surface area (TPSA) is 127 Å². The van der Waals surface area contributed by atoms with Gasteiger partial charge < -0.3 is 4.90 Å². The second-order valence-electron chi connectivity index (χ2n) is 4.94. The zero-order chi connectivity index (χ0) is 17.2. The highest BCUT2D eigenvalue weighted by molar-refractivity contribution is 7.89. The Morgan fingerprint density at radius 2 is 1.74 bits per heavy atom. The van der Waals surface area contributed by atoms with Gasteiger partial charge in [-0.15, -0.1) is 0 Å². The molecule has 1 aliphatic rings. The summed E-state index contributed by atoms with van der Waals surface area (Å²) in [4.78, 5) is 21.5. The molecule has 1 heterocycles. The van der Waals surface area contributed by atoms with E-state index < -0.39 is 36.1 Å². The number of sulfonamides is 1.